The van der Waals surface area contributed by atoms with Crippen LogP contribution in [0, 0.1) is 11.8 Å². The van der Waals surface area contributed by atoms with Crippen molar-refractivity contribution in [2.24, 2.45) is 11.8 Å². The predicted octanol–water partition coefficient (Wildman–Crippen LogP) is 2.89. The molecule has 0 aromatic heterocycles. The average Bonchev–Trinajstić information content (AvgIpc) is 2.89. The normalized spacial score (nSPS) is 34.9. The van der Waals surface area contributed by atoms with Crippen molar-refractivity contribution < 1.29 is 0 Å². The zero-order valence-electron chi connectivity index (χ0n) is 12.0. The highest BCUT2D eigenvalue weighted by atomic mass is 15.2. The molecule has 0 amide bonds. The van der Waals surface area contributed by atoms with Gasteiger partial charge in [-0.3, -0.25) is 0 Å². The highest BCUT2D eigenvalue weighted by molar-refractivity contribution is 4.96. The molecule has 0 spiro atoms. The Hall–Kier alpha value is -0.0800. The minimum absolute atomic E-state index is 0.459. The maximum Gasteiger partial charge on any atom is 0.0309 e. The van der Waals surface area contributed by atoms with E-state index in [4.69, 9.17) is 0 Å². The van der Waals surface area contributed by atoms with Crippen molar-refractivity contribution in [3.8, 4) is 0 Å². The fourth-order valence-corrected chi connectivity index (χ4v) is 3.75. The summed E-state index contributed by atoms with van der Waals surface area (Å²) in [5, 5.41) is 3.80. The molecule has 2 fully saturated rings. The van der Waals surface area contributed by atoms with E-state index in [1.807, 2.05) is 0 Å². The molecule has 2 rings (SSSR count). The summed E-state index contributed by atoms with van der Waals surface area (Å²) < 4.78 is 0. The molecule has 2 heterocycles. The van der Waals surface area contributed by atoms with Gasteiger partial charge in [0.15, 0.2) is 0 Å². The van der Waals surface area contributed by atoms with Crippen molar-refractivity contribution >= 4 is 0 Å². The van der Waals surface area contributed by atoms with E-state index < -0.39 is 0 Å². The predicted molar refractivity (Wildman–Crippen MR) is 74.3 cm³/mol. The largest absolute Gasteiger partial charge is 0.310 e. The average molecular weight is 238 g/mol. The highest BCUT2D eigenvalue weighted by Crippen LogP contribution is 2.30. The summed E-state index contributed by atoms with van der Waals surface area (Å²) in [6.07, 6.45) is 6.86. The van der Waals surface area contributed by atoms with Gasteiger partial charge >= 0.3 is 0 Å². The van der Waals surface area contributed by atoms with Crippen LogP contribution in [-0.4, -0.2) is 36.6 Å². The third-order valence-corrected chi connectivity index (χ3v) is 4.84. The van der Waals surface area contributed by atoms with E-state index in [9.17, 15) is 0 Å². The van der Waals surface area contributed by atoms with Gasteiger partial charge in [0, 0.05) is 18.6 Å². The number of nitrogens with zero attached hydrogens (tertiary/aromatic N) is 1. The number of nitrogens with one attached hydrogen (secondary N) is 1. The van der Waals surface area contributed by atoms with E-state index in [-0.39, 0.29) is 0 Å². The topological polar surface area (TPSA) is 15.3 Å². The first-order valence-corrected chi connectivity index (χ1v) is 7.62. The summed E-state index contributed by atoms with van der Waals surface area (Å²) in [6.45, 7) is 12.3. The third kappa shape index (κ3) is 3.23. The second-order valence-corrected chi connectivity index (χ2v) is 6.59. The summed E-state index contributed by atoms with van der Waals surface area (Å²) >= 11 is 0. The quantitative estimate of drug-likeness (QED) is 0.792. The summed E-state index contributed by atoms with van der Waals surface area (Å²) in [4.78, 5) is 2.72. The molecule has 0 radical (unpaired) electrons. The number of rotatable bonds is 5. The van der Waals surface area contributed by atoms with Crippen molar-refractivity contribution in [2.45, 2.75) is 58.4 Å². The molecule has 0 aromatic rings. The third-order valence-electron chi connectivity index (χ3n) is 4.84. The van der Waals surface area contributed by atoms with Gasteiger partial charge in [0.2, 0.25) is 0 Å². The minimum Gasteiger partial charge on any atom is -0.310 e. The van der Waals surface area contributed by atoms with E-state index >= 15 is 0 Å². The summed E-state index contributed by atoms with van der Waals surface area (Å²) in [5.41, 5.74) is 0.459. The molecule has 2 saturated heterocycles. The Morgan fingerprint density at radius 1 is 1.41 bits per heavy atom. The molecular weight excluding hydrogens is 208 g/mol. The Labute approximate surface area is 107 Å². The second-order valence-electron chi connectivity index (χ2n) is 6.59. The molecule has 0 bridgehead atoms. The van der Waals surface area contributed by atoms with Crippen LogP contribution in [0.3, 0.4) is 0 Å². The van der Waals surface area contributed by atoms with Gasteiger partial charge in [0.05, 0.1) is 0 Å². The Bertz CT molecular complexity index is 231. The van der Waals surface area contributed by atoms with Crippen molar-refractivity contribution in [3.63, 3.8) is 0 Å². The molecule has 2 unspecified atom stereocenters. The van der Waals surface area contributed by atoms with Crippen LogP contribution in [0.4, 0.5) is 0 Å². The van der Waals surface area contributed by atoms with E-state index in [1.165, 1.54) is 58.3 Å². The van der Waals surface area contributed by atoms with Crippen LogP contribution in [0.5, 0.6) is 0 Å². The molecule has 0 saturated carbocycles. The van der Waals surface area contributed by atoms with Gasteiger partial charge in [-0.15, -0.1) is 0 Å². The standard InChI is InChI=1S/C15H30N2/c1-4-7-15(8-5-9-16-15)12-17-10-6-14(11-17)13(2)3/h13-14,16H,4-12H2,1-3H3. The Balaban J connectivity index is 1.87. The van der Waals surface area contributed by atoms with E-state index in [1.54, 1.807) is 0 Å². The van der Waals surface area contributed by atoms with Crippen LogP contribution < -0.4 is 5.32 Å². The minimum atomic E-state index is 0.459. The van der Waals surface area contributed by atoms with Gasteiger partial charge in [0.25, 0.3) is 0 Å². The van der Waals surface area contributed by atoms with Gasteiger partial charge in [-0.1, -0.05) is 27.2 Å². The summed E-state index contributed by atoms with van der Waals surface area (Å²) in [6, 6.07) is 0. The molecule has 17 heavy (non-hydrogen) atoms. The maximum absolute atomic E-state index is 3.80. The first-order valence-electron chi connectivity index (χ1n) is 7.62. The highest BCUT2D eigenvalue weighted by Gasteiger charge is 2.36. The fraction of sp³-hybridized carbons (Fsp3) is 1.00. The molecule has 2 heteroatoms. The van der Waals surface area contributed by atoms with E-state index in [2.05, 4.69) is 31.0 Å². The molecule has 1 N–H and O–H groups in total. The molecule has 0 aliphatic carbocycles. The van der Waals surface area contributed by atoms with Crippen molar-refractivity contribution in [1.29, 1.82) is 0 Å². The van der Waals surface area contributed by atoms with Gasteiger partial charge < -0.3 is 10.2 Å². The van der Waals surface area contributed by atoms with Crippen LogP contribution in [0.15, 0.2) is 0 Å². The van der Waals surface area contributed by atoms with Gasteiger partial charge in [-0.25, -0.2) is 0 Å². The lowest BCUT2D eigenvalue weighted by molar-refractivity contribution is 0.203. The number of hydrogen-bond donors (Lipinski definition) is 1. The zero-order valence-corrected chi connectivity index (χ0v) is 12.0. The maximum atomic E-state index is 3.80. The van der Waals surface area contributed by atoms with Crippen LogP contribution in [-0.2, 0) is 0 Å². The van der Waals surface area contributed by atoms with Crippen molar-refractivity contribution in [2.75, 3.05) is 26.2 Å². The van der Waals surface area contributed by atoms with Gasteiger partial charge in [-0.05, 0) is 50.6 Å². The summed E-state index contributed by atoms with van der Waals surface area (Å²) in [5.74, 6) is 1.80. The van der Waals surface area contributed by atoms with Gasteiger partial charge in [-0.2, -0.15) is 0 Å². The monoisotopic (exact) mass is 238 g/mol. The molecular formula is C15H30N2. The molecule has 100 valence electrons. The molecule has 2 atom stereocenters. The van der Waals surface area contributed by atoms with Gasteiger partial charge in [0.1, 0.15) is 0 Å². The van der Waals surface area contributed by atoms with E-state index in [0.29, 0.717) is 5.54 Å². The van der Waals surface area contributed by atoms with Crippen molar-refractivity contribution in [3.05, 3.63) is 0 Å². The molecule has 2 nitrogen and oxygen atoms in total. The number of likely N-dealkylation sites (tertiary alicyclic amines) is 1. The second kappa shape index (κ2) is 5.71. The lowest BCUT2D eigenvalue weighted by Crippen LogP contribution is -2.49. The lowest BCUT2D eigenvalue weighted by atomic mass is 9.91. The SMILES string of the molecule is CCCC1(CN2CCC(C(C)C)C2)CCCN1. The molecule has 0 aromatic carbocycles. The lowest BCUT2D eigenvalue weighted by Gasteiger charge is -2.34. The smallest absolute Gasteiger partial charge is 0.0309 e. The molecule has 2 aliphatic heterocycles. The fourth-order valence-electron chi connectivity index (χ4n) is 3.75. The summed E-state index contributed by atoms with van der Waals surface area (Å²) in [7, 11) is 0. The van der Waals surface area contributed by atoms with Crippen LogP contribution in [0.2, 0.25) is 0 Å². The first-order chi connectivity index (χ1) is 8.15. The van der Waals surface area contributed by atoms with E-state index in [0.717, 1.165) is 11.8 Å². The van der Waals surface area contributed by atoms with Crippen LogP contribution in [0.25, 0.3) is 0 Å². The van der Waals surface area contributed by atoms with Crippen LogP contribution in [0.1, 0.15) is 52.9 Å². The van der Waals surface area contributed by atoms with Crippen LogP contribution >= 0.6 is 0 Å². The number of hydrogen-bond acceptors (Lipinski definition) is 2. The Morgan fingerprint density at radius 2 is 2.24 bits per heavy atom. The Morgan fingerprint density at radius 3 is 2.76 bits per heavy atom. The molecule has 2 aliphatic rings. The first kappa shape index (κ1) is 13.4. The Kier molecular flexibility index (Phi) is 4.48. The van der Waals surface area contributed by atoms with Crippen molar-refractivity contribution in [1.82, 2.24) is 10.2 Å². The zero-order chi connectivity index (χ0) is 12.3.